The van der Waals surface area contributed by atoms with Crippen LogP contribution in [-0.2, 0) is 19.2 Å². The molecule has 2 saturated heterocycles. The molecule has 2 aromatic rings. The Bertz CT molecular complexity index is 1700. The van der Waals surface area contributed by atoms with Gasteiger partial charge in [-0.3, -0.25) is 24.2 Å². The number of amidine groups is 1. The summed E-state index contributed by atoms with van der Waals surface area (Å²) in [5.41, 5.74) is 5.60. The highest BCUT2D eigenvalue weighted by Crippen LogP contribution is 2.39. The summed E-state index contributed by atoms with van der Waals surface area (Å²) >= 11 is 5.32. The molecule has 1 aromatic carbocycles. The zero-order valence-corrected chi connectivity index (χ0v) is 37.9. The molecule has 0 saturated carbocycles. The Morgan fingerprint density at radius 1 is 0.965 bits per heavy atom. The molecule has 0 aliphatic carbocycles. The third-order valence-corrected chi connectivity index (χ3v) is 14.5. The number of thioether (sulfide) groups is 2. The van der Waals surface area contributed by atoms with E-state index in [9.17, 15) is 19.2 Å². The van der Waals surface area contributed by atoms with Crippen molar-refractivity contribution in [1.29, 1.82) is 0 Å². The van der Waals surface area contributed by atoms with Gasteiger partial charge in [-0.1, -0.05) is 112 Å². The van der Waals surface area contributed by atoms with Crippen molar-refractivity contribution >= 4 is 64.3 Å². The maximum atomic E-state index is 14.8. The average Bonchev–Trinajstić information content (AvgIpc) is 3.93. The molecular weight excluding hydrogens is 775 g/mol. The molecule has 7 atom stereocenters. The van der Waals surface area contributed by atoms with E-state index in [2.05, 4.69) is 67.7 Å². The minimum Gasteiger partial charge on any atom is -0.368 e. The summed E-state index contributed by atoms with van der Waals surface area (Å²) in [5, 5.41) is 12.6. The first kappa shape index (κ1) is 46.3. The van der Waals surface area contributed by atoms with Crippen LogP contribution in [0.3, 0.4) is 0 Å². The second-order valence-corrected chi connectivity index (χ2v) is 21.7. The lowest BCUT2D eigenvalue weighted by Crippen LogP contribution is -2.55. The van der Waals surface area contributed by atoms with Crippen molar-refractivity contribution in [2.24, 2.45) is 39.3 Å². The van der Waals surface area contributed by atoms with Gasteiger partial charge >= 0.3 is 0 Å². The van der Waals surface area contributed by atoms with Gasteiger partial charge in [0.15, 0.2) is 0 Å². The summed E-state index contributed by atoms with van der Waals surface area (Å²) in [6.45, 7) is 20.6. The number of hydrogen-bond donors (Lipinski definition) is 4. The summed E-state index contributed by atoms with van der Waals surface area (Å²) in [4.78, 5) is 66.8. The van der Waals surface area contributed by atoms with Crippen LogP contribution in [0, 0.1) is 28.6 Å². The number of aromatic nitrogens is 1. The highest BCUT2D eigenvalue weighted by Gasteiger charge is 2.41. The van der Waals surface area contributed by atoms with E-state index >= 15 is 0 Å². The van der Waals surface area contributed by atoms with Gasteiger partial charge in [0.05, 0.1) is 17.2 Å². The van der Waals surface area contributed by atoms with Gasteiger partial charge in [-0.05, 0) is 41.1 Å². The first-order chi connectivity index (χ1) is 26.8. The van der Waals surface area contributed by atoms with Crippen molar-refractivity contribution in [1.82, 2.24) is 25.8 Å². The van der Waals surface area contributed by atoms with E-state index in [-0.39, 0.29) is 53.5 Å². The SMILES string of the molecule is CC(C)/C=C/C(/C(=N/C(C(=O)NC(C(=O)N[C@H](CC1SCCS1)c1nccs1)[C@@H](C)c1ccccc1)C(C)(C)C)NCC(=O)N1CC[C@@H](C)[C@H]1C(N)=O)C(C)(C)C. The smallest absolute Gasteiger partial charge is 0.246 e. The molecule has 11 nitrogen and oxygen atoms in total. The standard InChI is InChI=1S/C43H65N7O4S3/c1-26(2)16-17-30(42(5,6)7)38(46-25-32(51)50-20-18-27(3)35(50)37(44)52)49-36(43(8,9)10)40(54)48-34(28(4)29-14-12-11-13-15-29)39(53)47-31(41-45-19-21-57-41)24-33-55-22-23-56-33/h11-17,19,21,26-28,30-31,33-36H,18,20,22-25H2,1-10H3,(H2,44,52)(H,46,49)(H,47,53)(H,48,54)/b17-16+/t27-,28+,30?,31-,34?,35+,36?/m1/s1. The number of rotatable bonds is 16. The Labute approximate surface area is 353 Å². The van der Waals surface area contributed by atoms with Gasteiger partial charge < -0.3 is 26.6 Å². The number of thiazole rings is 1. The van der Waals surface area contributed by atoms with Crippen molar-refractivity contribution in [3.63, 3.8) is 0 Å². The van der Waals surface area contributed by atoms with Crippen molar-refractivity contribution in [2.75, 3.05) is 24.6 Å². The molecule has 2 aliphatic heterocycles. The third-order valence-electron chi connectivity index (χ3n) is 10.6. The second kappa shape index (κ2) is 20.6. The van der Waals surface area contributed by atoms with Gasteiger partial charge in [-0.25, -0.2) is 4.98 Å². The number of amides is 4. The fourth-order valence-electron chi connectivity index (χ4n) is 7.30. The van der Waals surface area contributed by atoms with E-state index in [1.807, 2.05) is 93.9 Å². The normalized spacial score (nSPS) is 21.0. The van der Waals surface area contributed by atoms with Crippen LogP contribution in [0.1, 0.15) is 105 Å². The minimum atomic E-state index is -0.947. The monoisotopic (exact) mass is 839 g/mol. The number of carbonyl (C=O) groups is 4. The number of allylic oxidation sites excluding steroid dienone is 1. The van der Waals surface area contributed by atoms with Crippen LogP contribution in [0.2, 0.25) is 0 Å². The lowest BCUT2D eigenvalue weighted by atomic mass is 9.78. The summed E-state index contributed by atoms with van der Waals surface area (Å²) in [7, 11) is 0. The largest absolute Gasteiger partial charge is 0.368 e. The van der Waals surface area contributed by atoms with Crippen molar-refractivity contribution in [2.45, 2.75) is 117 Å². The zero-order chi connectivity index (χ0) is 42.1. The fourth-order valence-corrected chi connectivity index (χ4v) is 10.9. The predicted molar refractivity (Wildman–Crippen MR) is 237 cm³/mol. The van der Waals surface area contributed by atoms with E-state index in [1.165, 1.54) is 11.3 Å². The second-order valence-electron chi connectivity index (χ2n) is 17.8. The van der Waals surface area contributed by atoms with Crippen LogP contribution in [0.15, 0.2) is 59.1 Å². The van der Waals surface area contributed by atoms with Crippen LogP contribution < -0.4 is 21.7 Å². The molecule has 0 bridgehead atoms. The number of aliphatic imine (C=N–C) groups is 1. The number of benzene rings is 1. The zero-order valence-electron chi connectivity index (χ0n) is 35.4. The molecule has 4 rings (SSSR count). The molecule has 4 amide bonds. The molecule has 3 unspecified atom stereocenters. The maximum Gasteiger partial charge on any atom is 0.246 e. The molecule has 5 N–H and O–H groups in total. The Balaban J connectivity index is 1.72. The van der Waals surface area contributed by atoms with Gasteiger partial charge in [-0.15, -0.1) is 34.9 Å². The number of nitrogens with one attached hydrogen (secondary N) is 3. The topological polar surface area (TPSA) is 159 Å². The van der Waals surface area contributed by atoms with E-state index in [1.54, 1.807) is 11.1 Å². The van der Waals surface area contributed by atoms with E-state index in [4.69, 9.17) is 10.7 Å². The molecule has 2 fully saturated rings. The summed E-state index contributed by atoms with van der Waals surface area (Å²) < 4.78 is 0.340. The molecular formula is C43H65N7O4S3. The summed E-state index contributed by atoms with van der Waals surface area (Å²) in [6.07, 6.45) is 7.37. The highest BCUT2D eigenvalue weighted by atomic mass is 32.2. The maximum absolute atomic E-state index is 14.8. The Morgan fingerprint density at radius 3 is 2.19 bits per heavy atom. The van der Waals surface area contributed by atoms with Gasteiger partial charge in [0.1, 0.15) is 29.0 Å². The number of carbonyl (C=O) groups excluding carboxylic acids is 4. The molecule has 1 aromatic heterocycles. The molecule has 0 spiro atoms. The quantitative estimate of drug-likeness (QED) is 0.0818. The summed E-state index contributed by atoms with van der Waals surface area (Å²) in [6, 6.07) is 6.89. The number of likely N-dealkylation sites (tertiary alicyclic amines) is 1. The average molecular weight is 840 g/mol. The Kier molecular flexibility index (Phi) is 16.7. The number of hydrogen-bond acceptors (Lipinski definition) is 9. The van der Waals surface area contributed by atoms with Crippen molar-refractivity contribution in [3.8, 4) is 0 Å². The minimum absolute atomic E-state index is 0.0365. The van der Waals surface area contributed by atoms with Crippen LogP contribution in [0.4, 0.5) is 0 Å². The highest BCUT2D eigenvalue weighted by molar-refractivity contribution is 8.20. The van der Waals surface area contributed by atoms with Crippen LogP contribution in [-0.4, -0.2) is 86.7 Å². The van der Waals surface area contributed by atoms with E-state index in [0.717, 1.165) is 28.5 Å². The first-order valence-electron chi connectivity index (χ1n) is 20.1. The Hall–Kier alpha value is -3.36. The third kappa shape index (κ3) is 13.1. The lowest BCUT2D eigenvalue weighted by molar-refractivity contribution is -0.137. The Morgan fingerprint density at radius 2 is 1.63 bits per heavy atom. The van der Waals surface area contributed by atoms with Gasteiger partial charge in [-0.2, -0.15) is 0 Å². The van der Waals surface area contributed by atoms with Crippen LogP contribution in [0.5, 0.6) is 0 Å². The lowest BCUT2D eigenvalue weighted by Gasteiger charge is -2.35. The number of nitrogens with two attached hydrogens (primary N) is 1. The van der Waals surface area contributed by atoms with Crippen LogP contribution >= 0.6 is 34.9 Å². The molecule has 57 heavy (non-hydrogen) atoms. The first-order valence-corrected chi connectivity index (χ1v) is 23.1. The van der Waals surface area contributed by atoms with Crippen molar-refractivity contribution < 1.29 is 19.2 Å². The molecule has 14 heteroatoms. The van der Waals surface area contributed by atoms with Gasteiger partial charge in [0.25, 0.3) is 0 Å². The van der Waals surface area contributed by atoms with E-state index < -0.39 is 35.4 Å². The van der Waals surface area contributed by atoms with Crippen LogP contribution in [0.25, 0.3) is 0 Å². The predicted octanol–water partition coefficient (Wildman–Crippen LogP) is 6.78. The van der Waals surface area contributed by atoms with Gasteiger partial charge in [0, 0.05) is 41.5 Å². The number of nitrogens with zero attached hydrogens (tertiary/aromatic N) is 3. The van der Waals surface area contributed by atoms with Gasteiger partial charge in [0.2, 0.25) is 23.6 Å². The summed E-state index contributed by atoms with van der Waals surface area (Å²) in [5.74, 6) is 0.710. The molecule has 2 aliphatic rings. The van der Waals surface area contributed by atoms with Crippen molar-refractivity contribution in [3.05, 3.63) is 64.6 Å². The van der Waals surface area contributed by atoms with E-state index in [0.29, 0.717) is 23.4 Å². The molecule has 3 heterocycles. The number of primary amides is 1. The fraction of sp³-hybridized carbons (Fsp3) is 0.628. The molecule has 314 valence electrons. The molecule has 0 radical (unpaired) electrons.